The summed E-state index contributed by atoms with van der Waals surface area (Å²) in [5, 5.41) is 13.1. The SMILES string of the molecule is CCn1ncc(C)c1-c1ccc(C(=O)O)cc1. The molecule has 0 unspecified atom stereocenters. The molecule has 1 aromatic carbocycles. The zero-order valence-electron chi connectivity index (χ0n) is 9.84. The first-order valence-corrected chi connectivity index (χ1v) is 5.49. The molecule has 0 fully saturated rings. The highest BCUT2D eigenvalue weighted by atomic mass is 16.4. The van der Waals surface area contributed by atoms with Crippen molar-refractivity contribution < 1.29 is 9.90 Å². The molecule has 0 aliphatic carbocycles. The highest BCUT2D eigenvalue weighted by Crippen LogP contribution is 2.23. The second-order valence-corrected chi connectivity index (χ2v) is 3.87. The van der Waals surface area contributed by atoms with Crippen molar-refractivity contribution in [3.63, 3.8) is 0 Å². The van der Waals surface area contributed by atoms with E-state index in [1.165, 1.54) is 0 Å². The van der Waals surface area contributed by atoms with Crippen molar-refractivity contribution >= 4 is 5.97 Å². The van der Waals surface area contributed by atoms with Crippen molar-refractivity contribution in [1.82, 2.24) is 9.78 Å². The van der Waals surface area contributed by atoms with Crippen LogP contribution in [0.3, 0.4) is 0 Å². The second-order valence-electron chi connectivity index (χ2n) is 3.87. The van der Waals surface area contributed by atoms with E-state index >= 15 is 0 Å². The lowest BCUT2D eigenvalue weighted by Crippen LogP contribution is -2.00. The Morgan fingerprint density at radius 2 is 2.00 bits per heavy atom. The highest BCUT2D eigenvalue weighted by molar-refractivity contribution is 5.88. The van der Waals surface area contributed by atoms with Crippen LogP contribution in [-0.4, -0.2) is 20.9 Å². The molecular weight excluding hydrogens is 216 g/mol. The number of carboxylic acid groups (broad SMARTS) is 1. The number of aryl methyl sites for hydroxylation is 2. The largest absolute Gasteiger partial charge is 0.478 e. The van der Waals surface area contributed by atoms with Gasteiger partial charge in [0.15, 0.2) is 0 Å². The lowest BCUT2D eigenvalue weighted by Gasteiger charge is -2.06. The third-order valence-electron chi connectivity index (χ3n) is 2.73. The van der Waals surface area contributed by atoms with Crippen molar-refractivity contribution in [1.29, 1.82) is 0 Å². The zero-order chi connectivity index (χ0) is 12.4. The number of hydrogen-bond acceptors (Lipinski definition) is 2. The van der Waals surface area contributed by atoms with E-state index in [9.17, 15) is 4.79 Å². The maximum Gasteiger partial charge on any atom is 0.335 e. The Hall–Kier alpha value is -2.10. The van der Waals surface area contributed by atoms with Crippen LogP contribution in [0.2, 0.25) is 0 Å². The first kappa shape index (κ1) is 11.4. The van der Waals surface area contributed by atoms with Gasteiger partial charge in [0.25, 0.3) is 0 Å². The Bertz CT molecular complexity index is 541. The number of aromatic nitrogens is 2. The first-order chi connectivity index (χ1) is 8.13. The van der Waals surface area contributed by atoms with Gasteiger partial charge >= 0.3 is 5.97 Å². The molecule has 2 rings (SSSR count). The molecule has 1 heterocycles. The van der Waals surface area contributed by atoms with Crippen LogP contribution >= 0.6 is 0 Å². The fraction of sp³-hybridized carbons (Fsp3) is 0.231. The first-order valence-electron chi connectivity index (χ1n) is 5.49. The smallest absolute Gasteiger partial charge is 0.335 e. The molecular formula is C13H14N2O2. The van der Waals surface area contributed by atoms with Crippen LogP contribution in [0.25, 0.3) is 11.3 Å². The predicted molar refractivity (Wildman–Crippen MR) is 65.0 cm³/mol. The van der Waals surface area contributed by atoms with Gasteiger partial charge < -0.3 is 5.11 Å². The monoisotopic (exact) mass is 230 g/mol. The molecule has 2 aromatic rings. The van der Waals surface area contributed by atoms with Crippen molar-refractivity contribution in [2.75, 3.05) is 0 Å². The molecule has 1 aromatic heterocycles. The summed E-state index contributed by atoms with van der Waals surface area (Å²) in [6.07, 6.45) is 1.82. The third kappa shape index (κ3) is 2.06. The van der Waals surface area contributed by atoms with Gasteiger partial charge in [0.05, 0.1) is 17.5 Å². The summed E-state index contributed by atoms with van der Waals surface area (Å²) < 4.78 is 1.91. The standard InChI is InChI=1S/C13H14N2O2/c1-3-15-12(9(2)8-14-15)10-4-6-11(7-5-10)13(16)17/h4-8H,3H2,1-2H3,(H,16,17). The molecule has 0 spiro atoms. The van der Waals surface area contributed by atoms with E-state index in [0.717, 1.165) is 23.4 Å². The number of aromatic carboxylic acids is 1. The highest BCUT2D eigenvalue weighted by Gasteiger charge is 2.09. The molecule has 0 radical (unpaired) electrons. The quantitative estimate of drug-likeness (QED) is 0.881. The Morgan fingerprint density at radius 1 is 1.35 bits per heavy atom. The van der Waals surface area contributed by atoms with Gasteiger partial charge in [-0.25, -0.2) is 4.79 Å². The summed E-state index contributed by atoms with van der Waals surface area (Å²) in [6, 6.07) is 6.87. The van der Waals surface area contributed by atoms with Crippen molar-refractivity contribution in [2.45, 2.75) is 20.4 Å². The third-order valence-corrected chi connectivity index (χ3v) is 2.73. The normalized spacial score (nSPS) is 10.5. The Balaban J connectivity index is 2.46. The number of carboxylic acids is 1. The molecule has 88 valence electrons. The number of hydrogen-bond donors (Lipinski definition) is 1. The van der Waals surface area contributed by atoms with Crippen LogP contribution in [0.4, 0.5) is 0 Å². The molecule has 0 atom stereocenters. The van der Waals surface area contributed by atoms with Gasteiger partial charge in [-0.1, -0.05) is 12.1 Å². The van der Waals surface area contributed by atoms with Gasteiger partial charge in [-0.2, -0.15) is 5.10 Å². The van der Waals surface area contributed by atoms with Crippen LogP contribution in [-0.2, 0) is 6.54 Å². The van der Waals surface area contributed by atoms with E-state index in [-0.39, 0.29) is 0 Å². The van der Waals surface area contributed by atoms with Crippen LogP contribution in [0.5, 0.6) is 0 Å². The average Bonchev–Trinajstić information content (AvgIpc) is 2.70. The van der Waals surface area contributed by atoms with E-state index in [2.05, 4.69) is 5.10 Å². The van der Waals surface area contributed by atoms with Crippen molar-refractivity contribution in [3.8, 4) is 11.3 Å². The molecule has 4 heteroatoms. The minimum absolute atomic E-state index is 0.300. The van der Waals surface area contributed by atoms with Crippen LogP contribution in [0, 0.1) is 6.92 Å². The molecule has 0 bridgehead atoms. The van der Waals surface area contributed by atoms with Gasteiger partial charge in [0.2, 0.25) is 0 Å². The van der Waals surface area contributed by atoms with E-state index in [0.29, 0.717) is 5.56 Å². The number of nitrogens with zero attached hydrogens (tertiary/aromatic N) is 2. The van der Waals surface area contributed by atoms with Crippen LogP contribution in [0.1, 0.15) is 22.8 Å². The maximum absolute atomic E-state index is 10.8. The Morgan fingerprint density at radius 3 is 2.53 bits per heavy atom. The second kappa shape index (κ2) is 4.41. The fourth-order valence-corrected chi connectivity index (χ4v) is 1.87. The van der Waals surface area contributed by atoms with E-state index in [1.807, 2.05) is 36.9 Å². The van der Waals surface area contributed by atoms with E-state index < -0.39 is 5.97 Å². The number of benzene rings is 1. The van der Waals surface area contributed by atoms with Crippen LogP contribution in [0.15, 0.2) is 30.5 Å². The summed E-state index contributed by atoms with van der Waals surface area (Å²) in [4.78, 5) is 10.8. The maximum atomic E-state index is 10.8. The van der Waals surface area contributed by atoms with Gasteiger partial charge in [-0.3, -0.25) is 4.68 Å². The minimum atomic E-state index is -0.905. The molecule has 0 saturated heterocycles. The molecule has 0 aliphatic rings. The fourth-order valence-electron chi connectivity index (χ4n) is 1.87. The minimum Gasteiger partial charge on any atom is -0.478 e. The average molecular weight is 230 g/mol. The van der Waals surface area contributed by atoms with Crippen molar-refractivity contribution in [2.24, 2.45) is 0 Å². The lowest BCUT2D eigenvalue weighted by molar-refractivity contribution is 0.0697. The van der Waals surface area contributed by atoms with Gasteiger partial charge in [-0.05, 0) is 31.5 Å². The summed E-state index contributed by atoms with van der Waals surface area (Å²) in [6.45, 7) is 4.82. The van der Waals surface area contributed by atoms with Gasteiger partial charge in [0.1, 0.15) is 0 Å². The molecule has 4 nitrogen and oxygen atoms in total. The summed E-state index contributed by atoms with van der Waals surface area (Å²) >= 11 is 0. The van der Waals surface area contributed by atoms with Crippen LogP contribution < -0.4 is 0 Å². The molecule has 17 heavy (non-hydrogen) atoms. The van der Waals surface area contributed by atoms with Gasteiger partial charge in [-0.15, -0.1) is 0 Å². The molecule has 0 aliphatic heterocycles. The summed E-state index contributed by atoms with van der Waals surface area (Å²) in [5.74, 6) is -0.905. The lowest BCUT2D eigenvalue weighted by atomic mass is 10.1. The van der Waals surface area contributed by atoms with E-state index in [4.69, 9.17) is 5.11 Å². The molecule has 0 amide bonds. The summed E-state index contributed by atoms with van der Waals surface area (Å²) in [7, 11) is 0. The number of carbonyl (C=O) groups is 1. The summed E-state index contributed by atoms with van der Waals surface area (Å²) in [5.41, 5.74) is 3.43. The zero-order valence-corrected chi connectivity index (χ0v) is 9.84. The molecule has 0 saturated carbocycles. The molecule has 1 N–H and O–H groups in total. The topological polar surface area (TPSA) is 55.1 Å². The van der Waals surface area contributed by atoms with E-state index in [1.54, 1.807) is 12.1 Å². The van der Waals surface area contributed by atoms with Crippen molar-refractivity contribution in [3.05, 3.63) is 41.6 Å². The van der Waals surface area contributed by atoms with Gasteiger partial charge in [0, 0.05) is 12.1 Å². The Kier molecular flexibility index (Phi) is 2.95. The predicted octanol–water partition coefficient (Wildman–Crippen LogP) is 2.58. The Labute approximate surface area is 99.5 Å². The number of rotatable bonds is 3.